The van der Waals surface area contributed by atoms with E-state index in [0.717, 1.165) is 0 Å². The Balaban J connectivity index is 1.81. The van der Waals surface area contributed by atoms with Gasteiger partial charge in [-0.05, 0) is 37.3 Å². The summed E-state index contributed by atoms with van der Waals surface area (Å²) in [4.78, 5) is 23.7. The van der Waals surface area contributed by atoms with Gasteiger partial charge in [-0.1, -0.05) is 41.4 Å². The van der Waals surface area contributed by atoms with E-state index in [2.05, 4.69) is 5.32 Å². The molecule has 1 amide bonds. The van der Waals surface area contributed by atoms with Crippen LogP contribution in [0.1, 0.15) is 6.92 Å². The third-order valence-corrected chi connectivity index (χ3v) is 3.49. The van der Waals surface area contributed by atoms with Crippen LogP contribution in [0.3, 0.4) is 0 Å². The van der Waals surface area contributed by atoms with E-state index in [1.165, 1.54) is 13.0 Å². The first-order valence-corrected chi connectivity index (χ1v) is 7.84. The third kappa shape index (κ3) is 5.44. The maximum atomic E-state index is 11.9. The number of ether oxygens (including phenoxy) is 2. The maximum absolute atomic E-state index is 11.9. The molecule has 1 atom stereocenters. The number of rotatable bonds is 6. The molecule has 0 saturated carbocycles. The highest BCUT2D eigenvalue weighted by Gasteiger charge is 2.18. The summed E-state index contributed by atoms with van der Waals surface area (Å²) in [5.74, 6) is -0.810. The summed E-state index contributed by atoms with van der Waals surface area (Å²) < 4.78 is 10.3. The van der Waals surface area contributed by atoms with E-state index in [-0.39, 0.29) is 11.6 Å². The number of esters is 1. The van der Waals surface area contributed by atoms with Gasteiger partial charge < -0.3 is 14.8 Å². The van der Waals surface area contributed by atoms with Gasteiger partial charge in [0.2, 0.25) is 0 Å². The topological polar surface area (TPSA) is 64.6 Å². The molecule has 0 aliphatic heterocycles. The normalized spacial score (nSPS) is 11.5. The van der Waals surface area contributed by atoms with Crippen LogP contribution in [0.25, 0.3) is 0 Å². The van der Waals surface area contributed by atoms with E-state index < -0.39 is 18.0 Å². The van der Waals surface area contributed by atoms with E-state index in [0.29, 0.717) is 16.5 Å². The fourth-order valence-corrected chi connectivity index (χ4v) is 2.24. The first-order chi connectivity index (χ1) is 11.5. The van der Waals surface area contributed by atoms with Crippen LogP contribution in [0.4, 0.5) is 5.69 Å². The summed E-state index contributed by atoms with van der Waals surface area (Å²) in [7, 11) is 0. The van der Waals surface area contributed by atoms with Crippen molar-refractivity contribution in [2.45, 2.75) is 13.0 Å². The number of nitrogens with one attached hydrogen (secondary N) is 1. The van der Waals surface area contributed by atoms with Crippen molar-refractivity contribution in [3.05, 3.63) is 58.6 Å². The molecule has 0 spiro atoms. The Morgan fingerprint density at radius 2 is 1.83 bits per heavy atom. The van der Waals surface area contributed by atoms with Gasteiger partial charge in [0.1, 0.15) is 5.75 Å². The molecule has 2 aromatic rings. The van der Waals surface area contributed by atoms with Gasteiger partial charge in [-0.15, -0.1) is 0 Å². The number of benzene rings is 2. The second-order valence-electron chi connectivity index (χ2n) is 4.85. The molecule has 0 aromatic heterocycles. The van der Waals surface area contributed by atoms with Gasteiger partial charge in [-0.3, -0.25) is 4.79 Å². The minimum atomic E-state index is -0.956. The summed E-state index contributed by atoms with van der Waals surface area (Å²) >= 11 is 11.7. The Bertz CT molecular complexity index is 722. The van der Waals surface area contributed by atoms with Crippen LogP contribution in [0.5, 0.6) is 5.75 Å². The van der Waals surface area contributed by atoms with Gasteiger partial charge in [0.15, 0.2) is 12.7 Å². The second kappa shape index (κ2) is 8.57. The number of carbonyl (C=O) groups excluding carboxylic acids is 2. The molecule has 0 aliphatic rings. The van der Waals surface area contributed by atoms with E-state index >= 15 is 0 Å². The molecular formula is C17H15Cl2NO4. The third-order valence-electron chi connectivity index (χ3n) is 2.96. The molecule has 0 aliphatic carbocycles. The van der Waals surface area contributed by atoms with Crippen molar-refractivity contribution in [1.82, 2.24) is 0 Å². The number of anilines is 1. The summed E-state index contributed by atoms with van der Waals surface area (Å²) in [6.45, 7) is 1.11. The zero-order valence-corrected chi connectivity index (χ0v) is 14.3. The highest BCUT2D eigenvalue weighted by atomic mass is 35.5. The second-order valence-corrected chi connectivity index (χ2v) is 5.69. The summed E-state index contributed by atoms with van der Waals surface area (Å²) in [6, 6.07) is 13.5. The molecule has 2 aromatic carbocycles. The lowest BCUT2D eigenvalue weighted by Gasteiger charge is -2.14. The molecular weight excluding hydrogens is 353 g/mol. The fourth-order valence-electron chi connectivity index (χ4n) is 1.78. The molecule has 1 unspecified atom stereocenters. The van der Waals surface area contributed by atoms with Gasteiger partial charge in [-0.25, -0.2) is 4.79 Å². The molecule has 1 N–H and O–H groups in total. The molecule has 0 saturated heterocycles. The van der Waals surface area contributed by atoms with Crippen LogP contribution >= 0.6 is 23.2 Å². The Morgan fingerprint density at radius 1 is 1.12 bits per heavy atom. The van der Waals surface area contributed by atoms with Crippen molar-refractivity contribution in [2.24, 2.45) is 0 Å². The largest absolute Gasteiger partial charge is 0.480 e. The van der Waals surface area contributed by atoms with Crippen LogP contribution < -0.4 is 10.1 Å². The highest BCUT2D eigenvalue weighted by molar-refractivity contribution is 6.35. The zero-order chi connectivity index (χ0) is 17.5. The first-order valence-electron chi connectivity index (χ1n) is 7.09. The van der Waals surface area contributed by atoms with Gasteiger partial charge in [0.25, 0.3) is 5.91 Å². The summed E-state index contributed by atoms with van der Waals surface area (Å²) in [5.41, 5.74) is 0.620. The Hall–Kier alpha value is -2.24. The van der Waals surface area contributed by atoms with Gasteiger partial charge in [-0.2, -0.15) is 0 Å². The van der Waals surface area contributed by atoms with Crippen LogP contribution in [-0.2, 0) is 14.3 Å². The standard InChI is InChI=1S/C17H15Cl2NO4/c1-11(17(22)20-13-5-3-2-4-6-13)24-16(21)10-23-15-8-7-12(18)9-14(15)19/h2-9,11H,10H2,1H3,(H,20,22). The molecule has 126 valence electrons. The van der Waals surface area contributed by atoms with Crippen LogP contribution in [0.15, 0.2) is 48.5 Å². The van der Waals surface area contributed by atoms with Crippen molar-refractivity contribution in [3.8, 4) is 5.75 Å². The predicted octanol–water partition coefficient (Wildman–Crippen LogP) is 3.94. The minimum absolute atomic E-state index is 0.283. The number of carbonyl (C=O) groups is 2. The minimum Gasteiger partial charge on any atom is -0.480 e. The van der Waals surface area contributed by atoms with Crippen molar-refractivity contribution in [1.29, 1.82) is 0 Å². The van der Waals surface area contributed by atoms with E-state index in [4.69, 9.17) is 32.7 Å². The number of para-hydroxylation sites is 1. The zero-order valence-electron chi connectivity index (χ0n) is 12.8. The van der Waals surface area contributed by atoms with E-state index in [1.54, 1.807) is 36.4 Å². The molecule has 7 heteroatoms. The molecule has 0 radical (unpaired) electrons. The Kier molecular flexibility index (Phi) is 6.46. The summed E-state index contributed by atoms with van der Waals surface area (Å²) in [5, 5.41) is 3.39. The fraction of sp³-hybridized carbons (Fsp3) is 0.176. The van der Waals surface area contributed by atoms with Gasteiger partial charge >= 0.3 is 5.97 Å². The number of hydrogen-bond donors (Lipinski definition) is 1. The molecule has 5 nitrogen and oxygen atoms in total. The van der Waals surface area contributed by atoms with Gasteiger partial charge in [0, 0.05) is 10.7 Å². The molecule has 0 fully saturated rings. The van der Waals surface area contributed by atoms with E-state index in [1.807, 2.05) is 6.07 Å². The van der Waals surface area contributed by atoms with Crippen molar-refractivity contribution < 1.29 is 19.1 Å². The predicted molar refractivity (Wildman–Crippen MR) is 92.6 cm³/mol. The Labute approximate surface area is 149 Å². The maximum Gasteiger partial charge on any atom is 0.344 e. The lowest BCUT2D eigenvalue weighted by molar-refractivity contribution is -0.155. The van der Waals surface area contributed by atoms with Crippen LogP contribution in [-0.4, -0.2) is 24.6 Å². The average Bonchev–Trinajstić information content (AvgIpc) is 2.55. The quantitative estimate of drug-likeness (QED) is 0.785. The van der Waals surface area contributed by atoms with Crippen molar-refractivity contribution >= 4 is 40.8 Å². The molecule has 0 bridgehead atoms. The number of amides is 1. The lowest BCUT2D eigenvalue weighted by Crippen LogP contribution is -2.31. The first kappa shape index (κ1) is 18.1. The molecule has 0 heterocycles. The smallest absolute Gasteiger partial charge is 0.344 e. The molecule has 2 rings (SSSR count). The number of hydrogen-bond acceptors (Lipinski definition) is 4. The van der Waals surface area contributed by atoms with E-state index in [9.17, 15) is 9.59 Å². The van der Waals surface area contributed by atoms with Gasteiger partial charge in [0.05, 0.1) is 5.02 Å². The SMILES string of the molecule is CC(OC(=O)COc1ccc(Cl)cc1Cl)C(=O)Nc1ccccc1. The van der Waals surface area contributed by atoms with Crippen LogP contribution in [0, 0.1) is 0 Å². The van der Waals surface area contributed by atoms with Crippen LogP contribution in [0.2, 0.25) is 10.0 Å². The monoisotopic (exact) mass is 367 g/mol. The number of halogens is 2. The van der Waals surface area contributed by atoms with Crippen molar-refractivity contribution in [2.75, 3.05) is 11.9 Å². The molecule has 24 heavy (non-hydrogen) atoms. The Morgan fingerprint density at radius 3 is 2.50 bits per heavy atom. The lowest BCUT2D eigenvalue weighted by atomic mass is 10.3. The van der Waals surface area contributed by atoms with Crippen molar-refractivity contribution in [3.63, 3.8) is 0 Å². The average molecular weight is 368 g/mol. The highest BCUT2D eigenvalue weighted by Crippen LogP contribution is 2.27. The summed E-state index contributed by atoms with van der Waals surface area (Å²) in [6.07, 6.45) is -0.956.